The molecular formula is C13H13NO. The van der Waals surface area contributed by atoms with E-state index in [2.05, 4.69) is 11.9 Å². The molecule has 15 heavy (non-hydrogen) atoms. The molecule has 2 nitrogen and oxygen atoms in total. The third-order valence-corrected chi connectivity index (χ3v) is 2.16. The predicted molar refractivity (Wildman–Crippen MR) is 62.7 cm³/mol. The van der Waals surface area contributed by atoms with Crippen LogP contribution in [0.4, 0.5) is 5.69 Å². The molecule has 0 bridgehead atoms. The van der Waals surface area contributed by atoms with E-state index < -0.39 is 0 Å². The third-order valence-electron chi connectivity index (χ3n) is 2.16. The second kappa shape index (κ2) is 4.05. The van der Waals surface area contributed by atoms with Gasteiger partial charge in [0.25, 0.3) is 0 Å². The van der Waals surface area contributed by atoms with Crippen LogP contribution in [0, 0.1) is 0 Å². The van der Waals surface area contributed by atoms with Gasteiger partial charge in [0.15, 0.2) is 5.75 Å². The summed E-state index contributed by atoms with van der Waals surface area (Å²) >= 11 is 0. The first-order valence-corrected chi connectivity index (χ1v) is 4.88. The molecule has 0 saturated carbocycles. The van der Waals surface area contributed by atoms with Gasteiger partial charge in [0.2, 0.25) is 0 Å². The molecule has 1 aromatic rings. The molecule has 0 spiro atoms. The molecule has 1 aliphatic rings. The lowest BCUT2D eigenvalue weighted by Crippen LogP contribution is -2.11. The summed E-state index contributed by atoms with van der Waals surface area (Å²) in [6.45, 7) is 5.70. The zero-order chi connectivity index (χ0) is 10.7. The Hall–Kier alpha value is -1.96. The van der Waals surface area contributed by atoms with Crippen LogP contribution >= 0.6 is 0 Å². The third kappa shape index (κ3) is 1.79. The van der Waals surface area contributed by atoms with E-state index in [0.29, 0.717) is 0 Å². The fourth-order valence-corrected chi connectivity index (χ4v) is 1.48. The summed E-state index contributed by atoms with van der Waals surface area (Å²) in [4.78, 5) is 0. The summed E-state index contributed by atoms with van der Waals surface area (Å²) < 4.78 is 5.69. The summed E-state index contributed by atoms with van der Waals surface area (Å²) in [5.74, 6) is 1.59. The Labute approximate surface area is 89.6 Å². The molecule has 2 rings (SSSR count). The highest BCUT2D eigenvalue weighted by molar-refractivity contribution is 5.65. The number of allylic oxidation sites excluding steroid dienone is 3. The van der Waals surface area contributed by atoms with Gasteiger partial charge in [-0.2, -0.15) is 0 Å². The Bertz CT molecular complexity index is 444. The number of nitrogens with one attached hydrogen (secondary N) is 1. The van der Waals surface area contributed by atoms with Gasteiger partial charge in [-0.3, -0.25) is 0 Å². The topological polar surface area (TPSA) is 21.3 Å². The van der Waals surface area contributed by atoms with Crippen molar-refractivity contribution in [3.05, 3.63) is 60.5 Å². The minimum atomic E-state index is 0.756. The quantitative estimate of drug-likeness (QED) is 0.787. The molecule has 0 aliphatic carbocycles. The van der Waals surface area contributed by atoms with Gasteiger partial charge in [-0.25, -0.2) is 0 Å². The molecule has 76 valence electrons. The van der Waals surface area contributed by atoms with Crippen molar-refractivity contribution < 1.29 is 4.74 Å². The highest BCUT2D eigenvalue weighted by Crippen LogP contribution is 2.32. The lowest BCUT2D eigenvalue weighted by atomic mass is 10.2. The first-order chi connectivity index (χ1) is 7.35. The van der Waals surface area contributed by atoms with Gasteiger partial charge in [-0.15, -0.1) is 0 Å². The van der Waals surface area contributed by atoms with Crippen molar-refractivity contribution in [1.82, 2.24) is 0 Å². The predicted octanol–water partition coefficient (Wildman–Crippen LogP) is 3.46. The van der Waals surface area contributed by atoms with Gasteiger partial charge < -0.3 is 10.1 Å². The molecule has 1 N–H and O–H groups in total. The van der Waals surface area contributed by atoms with Crippen molar-refractivity contribution in [3.63, 3.8) is 0 Å². The van der Waals surface area contributed by atoms with Crippen molar-refractivity contribution in [1.29, 1.82) is 0 Å². The highest BCUT2D eigenvalue weighted by atomic mass is 16.5. The van der Waals surface area contributed by atoms with Crippen LogP contribution in [0.25, 0.3) is 0 Å². The lowest BCUT2D eigenvalue weighted by Gasteiger charge is -2.21. The van der Waals surface area contributed by atoms with Gasteiger partial charge in [0.05, 0.1) is 11.4 Å². The molecule has 0 fully saturated rings. The van der Waals surface area contributed by atoms with Crippen LogP contribution in [0.3, 0.4) is 0 Å². The molecule has 0 atom stereocenters. The maximum atomic E-state index is 5.69. The van der Waals surface area contributed by atoms with Gasteiger partial charge >= 0.3 is 0 Å². The zero-order valence-corrected chi connectivity index (χ0v) is 8.66. The van der Waals surface area contributed by atoms with Crippen molar-refractivity contribution >= 4 is 5.69 Å². The van der Waals surface area contributed by atoms with Crippen molar-refractivity contribution in [2.75, 3.05) is 5.32 Å². The molecule has 1 aliphatic heterocycles. The van der Waals surface area contributed by atoms with Gasteiger partial charge in [-0.05, 0) is 31.2 Å². The first kappa shape index (κ1) is 9.59. The van der Waals surface area contributed by atoms with Crippen LogP contribution in [0.5, 0.6) is 5.75 Å². The molecule has 0 aromatic heterocycles. The molecule has 0 saturated heterocycles. The summed E-state index contributed by atoms with van der Waals surface area (Å²) in [6, 6.07) is 7.83. The van der Waals surface area contributed by atoms with Crippen LogP contribution in [0.15, 0.2) is 60.5 Å². The summed E-state index contributed by atoms with van der Waals surface area (Å²) in [5.41, 5.74) is 1.92. The van der Waals surface area contributed by atoms with E-state index in [0.717, 1.165) is 22.9 Å². The number of anilines is 1. The second-order valence-electron chi connectivity index (χ2n) is 3.21. The maximum absolute atomic E-state index is 5.69. The Morgan fingerprint density at radius 1 is 1.33 bits per heavy atom. The largest absolute Gasteiger partial charge is 0.453 e. The molecule has 0 amide bonds. The maximum Gasteiger partial charge on any atom is 0.150 e. The number of rotatable bonds is 2. The van der Waals surface area contributed by atoms with Crippen LogP contribution in [0.1, 0.15) is 6.92 Å². The van der Waals surface area contributed by atoms with Crippen LogP contribution in [-0.2, 0) is 0 Å². The Morgan fingerprint density at radius 3 is 2.87 bits per heavy atom. The molecule has 0 unspecified atom stereocenters. The Balaban J connectivity index is 2.41. The van der Waals surface area contributed by atoms with Crippen molar-refractivity contribution in [3.8, 4) is 5.75 Å². The molecular weight excluding hydrogens is 186 g/mol. The lowest BCUT2D eigenvalue weighted by molar-refractivity contribution is 0.436. The average molecular weight is 199 g/mol. The minimum Gasteiger partial charge on any atom is -0.453 e. The van der Waals surface area contributed by atoms with Gasteiger partial charge in [0.1, 0.15) is 5.76 Å². The van der Waals surface area contributed by atoms with Crippen molar-refractivity contribution in [2.45, 2.75) is 6.92 Å². The first-order valence-electron chi connectivity index (χ1n) is 4.88. The zero-order valence-electron chi connectivity index (χ0n) is 8.66. The molecule has 1 heterocycles. The van der Waals surface area contributed by atoms with E-state index >= 15 is 0 Å². The summed E-state index contributed by atoms with van der Waals surface area (Å²) in [5, 5.41) is 3.30. The SMILES string of the molecule is C=CC1=C(/C=C\C)Nc2ccccc2O1. The summed E-state index contributed by atoms with van der Waals surface area (Å²) in [7, 11) is 0. The standard InChI is InChI=1S/C13H13NO/c1-3-7-10-12(4-2)15-13-9-6-5-8-11(13)14-10/h3-9,14H,2H2,1H3/b7-3-. The van der Waals surface area contributed by atoms with E-state index in [9.17, 15) is 0 Å². The molecule has 1 aromatic carbocycles. The fourth-order valence-electron chi connectivity index (χ4n) is 1.48. The normalized spacial score (nSPS) is 14.5. The summed E-state index contributed by atoms with van der Waals surface area (Å²) in [6.07, 6.45) is 5.63. The smallest absolute Gasteiger partial charge is 0.150 e. The number of ether oxygens (including phenoxy) is 1. The number of fused-ring (bicyclic) bond motifs is 1. The van der Waals surface area contributed by atoms with E-state index in [1.54, 1.807) is 6.08 Å². The number of hydrogen-bond acceptors (Lipinski definition) is 2. The number of hydrogen-bond donors (Lipinski definition) is 1. The fraction of sp³-hybridized carbons (Fsp3) is 0.0769. The van der Waals surface area contributed by atoms with Crippen LogP contribution in [-0.4, -0.2) is 0 Å². The Morgan fingerprint density at radius 2 is 2.13 bits per heavy atom. The van der Waals surface area contributed by atoms with Crippen LogP contribution < -0.4 is 10.1 Å². The molecule has 0 radical (unpaired) electrons. The van der Waals surface area contributed by atoms with E-state index in [4.69, 9.17) is 4.74 Å². The average Bonchev–Trinajstić information content (AvgIpc) is 2.28. The van der Waals surface area contributed by atoms with E-state index in [1.807, 2.05) is 43.3 Å². The number of benzene rings is 1. The van der Waals surface area contributed by atoms with Gasteiger partial charge in [-0.1, -0.05) is 24.8 Å². The number of para-hydroxylation sites is 2. The Kier molecular flexibility index (Phi) is 2.59. The van der Waals surface area contributed by atoms with Gasteiger partial charge in [0, 0.05) is 0 Å². The van der Waals surface area contributed by atoms with Crippen molar-refractivity contribution in [2.24, 2.45) is 0 Å². The van der Waals surface area contributed by atoms with E-state index in [-0.39, 0.29) is 0 Å². The molecule has 2 heteroatoms. The highest BCUT2D eigenvalue weighted by Gasteiger charge is 2.14. The minimum absolute atomic E-state index is 0.756. The van der Waals surface area contributed by atoms with E-state index in [1.165, 1.54) is 0 Å². The monoisotopic (exact) mass is 199 g/mol. The van der Waals surface area contributed by atoms with Crippen LogP contribution in [0.2, 0.25) is 0 Å². The second-order valence-corrected chi connectivity index (χ2v) is 3.21.